The van der Waals surface area contributed by atoms with Crippen LogP contribution in [0.2, 0.25) is 6.55 Å². The van der Waals surface area contributed by atoms with Gasteiger partial charge in [-0.1, -0.05) is 10.4 Å². The maximum absolute atomic E-state index is 11.3. The molecule has 0 aliphatic heterocycles. The van der Waals surface area contributed by atoms with Gasteiger partial charge >= 0.3 is 22.1 Å². The van der Waals surface area contributed by atoms with E-state index < -0.39 is 30.9 Å². The molecular weight excluding hydrogens is 277 g/mol. The summed E-state index contributed by atoms with van der Waals surface area (Å²) in [5.41, 5.74) is 0. The van der Waals surface area contributed by atoms with Crippen molar-refractivity contribution < 1.29 is 43.2 Å². The van der Waals surface area contributed by atoms with E-state index in [4.69, 9.17) is 13.0 Å². The van der Waals surface area contributed by atoms with Gasteiger partial charge in [-0.3, -0.25) is 4.55 Å². The number of rotatable bonds is 0. The lowest BCUT2D eigenvalue weighted by Gasteiger charge is -2.16. The number of alkyl halides is 6. The Hall–Kier alpha value is -0.363. The molecule has 0 bridgehead atoms. The fourth-order valence-electron chi connectivity index (χ4n) is 0.186. The molecule has 0 fully saturated rings. The first kappa shape index (κ1) is 17.0. The van der Waals surface area contributed by atoms with Crippen LogP contribution in [0.1, 0.15) is 0 Å². The molecule has 0 unspecified atom stereocenters. The summed E-state index contributed by atoms with van der Waals surface area (Å²) in [5, 5.41) is 0. The van der Waals surface area contributed by atoms with E-state index in [0.717, 1.165) is 0 Å². The summed E-state index contributed by atoms with van der Waals surface area (Å²) in [5.74, 6) is -10.1. The Morgan fingerprint density at radius 3 is 1.13 bits per heavy atom. The normalized spacial score (nSPS) is 13.5. The van der Waals surface area contributed by atoms with Gasteiger partial charge in [0.25, 0.3) is 8.80 Å². The highest BCUT2D eigenvalue weighted by molar-refractivity contribution is 7.80. The standard InChI is InChI=1S/C3H4F6Si.FHO3S/c1-10(2(4,5)6)3(7,8)9;1-5(2,3)4/h10H,1H3;(H,2,3,4). The predicted octanol–water partition coefficient (Wildman–Crippen LogP) is 1.80. The van der Waals surface area contributed by atoms with Crippen molar-refractivity contribution in [2.24, 2.45) is 0 Å². The van der Waals surface area contributed by atoms with Gasteiger partial charge < -0.3 is 0 Å². The molecule has 0 aromatic carbocycles. The molecular formula is C3H5F7O3SSi. The van der Waals surface area contributed by atoms with Gasteiger partial charge in [0, 0.05) is 0 Å². The fourth-order valence-corrected chi connectivity index (χ4v) is 0.557. The lowest BCUT2D eigenvalue weighted by Crippen LogP contribution is -2.44. The zero-order chi connectivity index (χ0) is 13.1. The van der Waals surface area contributed by atoms with Crippen LogP contribution in [0.5, 0.6) is 0 Å². The van der Waals surface area contributed by atoms with Gasteiger partial charge in [-0.15, -0.1) is 0 Å². The Kier molecular flexibility index (Phi) is 5.81. The maximum Gasteiger partial charge on any atom is 0.435 e. The first-order chi connectivity index (χ1) is 6.15. The summed E-state index contributed by atoms with van der Waals surface area (Å²) in [4.78, 5) is 0. The number of halogens is 7. The Balaban J connectivity index is 0. The third-order valence-corrected chi connectivity index (χ3v) is 2.95. The SMILES string of the molecule is C[SiH](C(F)(F)F)C(F)(F)F.O=S(=O)(O)F. The molecule has 1 N–H and O–H groups in total. The second-order valence-electron chi connectivity index (χ2n) is 2.22. The zero-order valence-electron chi connectivity index (χ0n) is 6.90. The Morgan fingerprint density at radius 1 is 1.00 bits per heavy atom. The van der Waals surface area contributed by atoms with E-state index in [1.165, 1.54) is 0 Å². The van der Waals surface area contributed by atoms with Crippen LogP contribution in [0.4, 0.5) is 30.2 Å². The highest BCUT2D eigenvalue weighted by Crippen LogP contribution is 2.31. The molecule has 15 heavy (non-hydrogen) atoms. The van der Waals surface area contributed by atoms with Crippen molar-refractivity contribution in [2.75, 3.05) is 0 Å². The van der Waals surface area contributed by atoms with Crippen molar-refractivity contribution in [3.8, 4) is 0 Å². The van der Waals surface area contributed by atoms with Crippen molar-refractivity contribution >= 4 is 19.3 Å². The minimum atomic E-state index is -5.17. The Bertz CT molecular complexity index is 257. The highest BCUT2D eigenvalue weighted by Gasteiger charge is 2.55. The third-order valence-electron chi connectivity index (χ3n) is 0.982. The van der Waals surface area contributed by atoms with Crippen LogP contribution >= 0.6 is 0 Å². The molecule has 0 radical (unpaired) electrons. The molecule has 0 aromatic rings. The smallest absolute Gasteiger partial charge is 0.260 e. The molecule has 3 nitrogen and oxygen atoms in total. The zero-order valence-corrected chi connectivity index (χ0v) is 8.87. The van der Waals surface area contributed by atoms with Gasteiger partial charge in [-0.05, 0) is 0 Å². The Labute approximate surface area is 81.5 Å². The molecule has 12 heteroatoms. The van der Waals surface area contributed by atoms with Gasteiger partial charge in [0.15, 0.2) is 0 Å². The molecule has 0 amide bonds. The summed E-state index contributed by atoms with van der Waals surface area (Å²) >= 11 is 0. The topological polar surface area (TPSA) is 54.4 Å². The summed E-state index contributed by atoms with van der Waals surface area (Å²) in [6.07, 6.45) is 0. The fraction of sp³-hybridized carbons (Fsp3) is 1.00. The van der Waals surface area contributed by atoms with Gasteiger partial charge in [0.05, 0.1) is 0 Å². The van der Waals surface area contributed by atoms with Crippen molar-refractivity contribution in [1.82, 2.24) is 0 Å². The lowest BCUT2D eigenvalue weighted by molar-refractivity contribution is -0.103. The Morgan fingerprint density at radius 2 is 1.13 bits per heavy atom. The molecule has 0 aliphatic carbocycles. The minimum absolute atomic E-state index is 0.222. The van der Waals surface area contributed by atoms with Crippen LogP contribution in [0.15, 0.2) is 0 Å². The van der Waals surface area contributed by atoms with Gasteiger partial charge in [0.1, 0.15) is 0 Å². The average molecular weight is 282 g/mol. The van der Waals surface area contributed by atoms with E-state index in [1.54, 1.807) is 0 Å². The summed E-state index contributed by atoms with van der Waals surface area (Å²) in [7, 11) is -9.75. The molecule has 0 spiro atoms. The van der Waals surface area contributed by atoms with E-state index in [0.29, 0.717) is 0 Å². The van der Waals surface area contributed by atoms with Crippen LogP contribution in [0.3, 0.4) is 0 Å². The van der Waals surface area contributed by atoms with Crippen LogP contribution in [0.25, 0.3) is 0 Å². The highest BCUT2D eigenvalue weighted by atomic mass is 32.3. The number of hydrogen-bond donors (Lipinski definition) is 1. The van der Waals surface area contributed by atoms with Crippen LogP contribution < -0.4 is 0 Å². The summed E-state index contributed by atoms with van der Waals surface area (Å²) in [6.45, 7) is 0.222. The molecule has 0 atom stereocenters. The van der Waals surface area contributed by atoms with Gasteiger partial charge in [-0.25, -0.2) is 0 Å². The van der Waals surface area contributed by atoms with Crippen molar-refractivity contribution in [3.63, 3.8) is 0 Å². The van der Waals surface area contributed by atoms with Crippen LogP contribution in [-0.2, 0) is 10.5 Å². The molecule has 0 saturated heterocycles. The van der Waals surface area contributed by atoms with Gasteiger partial charge in [-0.2, -0.15) is 34.8 Å². The summed E-state index contributed by atoms with van der Waals surface area (Å²) in [6, 6.07) is 0. The quantitative estimate of drug-likeness (QED) is 0.319. The average Bonchev–Trinajstić information content (AvgIpc) is 1.77. The van der Waals surface area contributed by atoms with Gasteiger partial charge in [0.2, 0.25) is 0 Å². The molecule has 0 saturated carbocycles. The van der Waals surface area contributed by atoms with Crippen LogP contribution in [0, 0.1) is 0 Å². The maximum atomic E-state index is 11.3. The predicted molar refractivity (Wildman–Crippen MR) is 37.8 cm³/mol. The van der Waals surface area contributed by atoms with E-state index in [1.807, 2.05) is 0 Å². The molecule has 0 aromatic heterocycles. The third kappa shape index (κ3) is 13.6. The van der Waals surface area contributed by atoms with E-state index >= 15 is 0 Å². The van der Waals surface area contributed by atoms with E-state index in [2.05, 4.69) is 0 Å². The van der Waals surface area contributed by atoms with E-state index in [-0.39, 0.29) is 6.55 Å². The van der Waals surface area contributed by atoms with Crippen LogP contribution in [-0.4, -0.2) is 33.4 Å². The van der Waals surface area contributed by atoms with Crippen molar-refractivity contribution in [2.45, 2.75) is 18.1 Å². The number of hydrogen-bond acceptors (Lipinski definition) is 2. The van der Waals surface area contributed by atoms with Crippen molar-refractivity contribution in [1.29, 1.82) is 0 Å². The lowest BCUT2D eigenvalue weighted by atomic mass is 11.5. The molecule has 0 heterocycles. The first-order valence-corrected chi connectivity index (χ1v) is 6.61. The van der Waals surface area contributed by atoms with Crippen molar-refractivity contribution in [3.05, 3.63) is 0 Å². The molecule has 0 rings (SSSR count). The molecule has 94 valence electrons. The monoisotopic (exact) mass is 282 g/mol. The van der Waals surface area contributed by atoms with E-state index in [9.17, 15) is 30.2 Å². The largest absolute Gasteiger partial charge is 0.435 e. The minimum Gasteiger partial charge on any atom is -0.260 e. The summed E-state index contributed by atoms with van der Waals surface area (Å²) < 4.78 is 102. The first-order valence-electron chi connectivity index (χ1n) is 2.96. The second-order valence-corrected chi connectivity index (χ2v) is 5.79. The second kappa shape index (κ2) is 5.11. The molecule has 0 aliphatic rings.